The average molecular weight is 260 g/mol. The summed E-state index contributed by atoms with van der Waals surface area (Å²) in [4.78, 5) is 14.9. The number of amides is 1. The van der Waals surface area contributed by atoms with Gasteiger partial charge in [0.2, 0.25) is 0 Å². The van der Waals surface area contributed by atoms with Crippen molar-refractivity contribution in [1.82, 2.24) is 4.90 Å². The van der Waals surface area contributed by atoms with Crippen LogP contribution in [0.15, 0.2) is 18.2 Å². The number of carbonyl (C=O) groups is 1. The summed E-state index contributed by atoms with van der Waals surface area (Å²) in [5.74, 6) is 0.0638. The number of benzene rings is 1. The predicted octanol–water partition coefficient (Wildman–Crippen LogP) is 3.03. The van der Waals surface area contributed by atoms with Gasteiger partial charge in [-0.25, -0.2) is 0 Å². The van der Waals surface area contributed by atoms with Crippen LogP contribution < -0.4 is 5.73 Å². The van der Waals surface area contributed by atoms with Crippen LogP contribution in [0.25, 0.3) is 10.1 Å². The van der Waals surface area contributed by atoms with Gasteiger partial charge in [0.15, 0.2) is 0 Å². The second-order valence-electron chi connectivity index (χ2n) is 4.99. The van der Waals surface area contributed by atoms with E-state index in [-0.39, 0.29) is 5.91 Å². The van der Waals surface area contributed by atoms with Gasteiger partial charge < -0.3 is 10.6 Å². The lowest BCUT2D eigenvalue weighted by molar-refractivity contribution is 0.0791. The topological polar surface area (TPSA) is 46.3 Å². The second-order valence-corrected chi connectivity index (χ2v) is 6.04. The molecular formula is C14H16N2OS. The standard InChI is InChI=1S/C14H16N2OS/c1-8-3-6-10-11(7-8)18-13(12(10)15)14(17)16(2)9-4-5-9/h3,6-7,9H,4-5,15H2,1-2H3. The number of carbonyl (C=O) groups excluding carboxylic acids is 1. The van der Waals surface area contributed by atoms with Crippen LogP contribution in [0.4, 0.5) is 5.69 Å². The third-order valence-corrected chi connectivity index (χ3v) is 4.65. The molecule has 1 aromatic heterocycles. The van der Waals surface area contributed by atoms with E-state index in [0.29, 0.717) is 16.6 Å². The van der Waals surface area contributed by atoms with Gasteiger partial charge in [-0.2, -0.15) is 0 Å². The van der Waals surface area contributed by atoms with E-state index < -0.39 is 0 Å². The zero-order valence-electron chi connectivity index (χ0n) is 10.6. The largest absolute Gasteiger partial charge is 0.397 e. The molecule has 94 valence electrons. The highest BCUT2D eigenvalue weighted by Crippen LogP contribution is 2.36. The molecule has 0 bridgehead atoms. The summed E-state index contributed by atoms with van der Waals surface area (Å²) in [5.41, 5.74) is 7.94. The van der Waals surface area contributed by atoms with Gasteiger partial charge in [0.1, 0.15) is 4.88 Å². The maximum Gasteiger partial charge on any atom is 0.266 e. The van der Waals surface area contributed by atoms with Crippen molar-refractivity contribution >= 4 is 33.0 Å². The molecule has 2 aromatic rings. The van der Waals surface area contributed by atoms with Gasteiger partial charge in [0.25, 0.3) is 5.91 Å². The number of thiophene rings is 1. The normalized spacial score (nSPS) is 15.0. The van der Waals surface area contributed by atoms with Crippen molar-refractivity contribution in [3.63, 3.8) is 0 Å². The van der Waals surface area contributed by atoms with E-state index in [0.717, 1.165) is 22.9 Å². The first kappa shape index (κ1) is 11.5. The van der Waals surface area contributed by atoms with Crippen LogP contribution in [0.1, 0.15) is 28.1 Å². The molecule has 1 aromatic carbocycles. The fourth-order valence-corrected chi connectivity index (χ4v) is 3.37. The number of nitrogens with zero attached hydrogens (tertiary/aromatic N) is 1. The summed E-state index contributed by atoms with van der Waals surface area (Å²) in [7, 11) is 1.87. The minimum Gasteiger partial charge on any atom is -0.397 e. The highest BCUT2D eigenvalue weighted by Gasteiger charge is 2.31. The zero-order chi connectivity index (χ0) is 12.9. The molecule has 0 aliphatic heterocycles. The number of aryl methyl sites for hydroxylation is 1. The quantitative estimate of drug-likeness (QED) is 0.902. The van der Waals surface area contributed by atoms with Crippen LogP contribution in [0.2, 0.25) is 0 Å². The molecular weight excluding hydrogens is 244 g/mol. The van der Waals surface area contributed by atoms with Crippen LogP contribution in [-0.2, 0) is 0 Å². The van der Waals surface area contributed by atoms with Crippen molar-refractivity contribution in [3.8, 4) is 0 Å². The van der Waals surface area contributed by atoms with Crippen LogP contribution in [0.3, 0.4) is 0 Å². The van der Waals surface area contributed by atoms with E-state index in [9.17, 15) is 4.79 Å². The number of anilines is 1. The highest BCUT2D eigenvalue weighted by molar-refractivity contribution is 7.21. The molecule has 3 nitrogen and oxygen atoms in total. The Kier molecular flexibility index (Phi) is 2.55. The molecule has 0 atom stereocenters. The summed E-state index contributed by atoms with van der Waals surface area (Å²) in [6.07, 6.45) is 2.23. The summed E-state index contributed by atoms with van der Waals surface area (Å²) >= 11 is 1.50. The monoisotopic (exact) mass is 260 g/mol. The van der Waals surface area contributed by atoms with Crippen LogP contribution in [-0.4, -0.2) is 23.9 Å². The van der Waals surface area contributed by atoms with Crippen LogP contribution in [0, 0.1) is 6.92 Å². The molecule has 4 heteroatoms. The van der Waals surface area contributed by atoms with Gasteiger partial charge in [-0.05, 0) is 31.4 Å². The molecule has 2 N–H and O–H groups in total. The Morgan fingerprint density at radius 1 is 1.44 bits per heavy atom. The van der Waals surface area contributed by atoms with Crippen molar-refractivity contribution in [2.24, 2.45) is 0 Å². The molecule has 0 saturated heterocycles. The van der Waals surface area contributed by atoms with E-state index in [1.165, 1.54) is 16.9 Å². The van der Waals surface area contributed by atoms with Crippen LogP contribution in [0.5, 0.6) is 0 Å². The van der Waals surface area contributed by atoms with Crippen molar-refractivity contribution < 1.29 is 4.79 Å². The SMILES string of the molecule is Cc1ccc2c(N)c(C(=O)N(C)C3CC3)sc2c1. The highest BCUT2D eigenvalue weighted by atomic mass is 32.1. The van der Waals surface area contributed by atoms with Crippen LogP contribution >= 0.6 is 11.3 Å². The first-order valence-corrected chi connectivity index (χ1v) is 6.95. The maximum atomic E-state index is 12.4. The number of nitrogen functional groups attached to an aromatic ring is 1. The first-order valence-electron chi connectivity index (χ1n) is 6.13. The second kappa shape index (κ2) is 3.99. The average Bonchev–Trinajstić information content (AvgIpc) is 3.13. The molecule has 1 fully saturated rings. The fraction of sp³-hybridized carbons (Fsp3) is 0.357. The molecule has 1 saturated carbocycles. The lowest BCUT2D eigenvalue weighted by atomic mass is 10.1. The summed E-state index contributed by atoms with van der Waals surface area (Å²) in [6, 6.07) is 6.54. The minimum absolute atomic E-state index is 0.0638. The van der Waals surface area contributed by atoms with Crippen molar-refractivity contribution in [3.05, 3.63) is 28.6 Å². The van der Waals surface area contributed by atoms with Gasteiger partial charge in [0, 0.05) is 23.2 Å². The van der Waals surface area contributed by atoms with E-state index in [1.54, 1.807) is 0 Å². The number of hydrogen-bond donors (Lipinski definition) is 1. The van der Waals surface area contributed by atoms with Crippen molar-refractivity contribution in [2.45, 2.75) is 25.8 Å². The molecule has 3 rings (SSSR count). The Morgan fingerprint density at radius 3 is 2.83 bits per heavy atom. The Balaban J connectivity index is 2.06. The Hall–Kier alpha value is -1.55. The number of hydrogen-bond acceptors (Lipinski definition) is 3. The smallest absolute Gasteiger partial charge is 0.266 e. The number of fused-ring (bicyclic) bond motifs is 1. The first-order chi connectivity index (χ1) is 8.58. The van der Waals surface area contributed by atoms with E-state index >= 15 is 0 Å². The van der Waals surface area contributed by atoms with Gasteiger partial charge >= 0.3 is 0 Å². The number of rotatable bonds is 2. The number of nitrogens with two attached hydrogens (primary N) is 1. The molecule has 1 aliphatic carbocycles. The lowest BCUT2D eigenvalue weighted by Gasteiger charge is -2.15. The van der Waals surface area contributed by atoms with Gasteiger partial charge in [-0.3, -0.25) is 4.79 Å². The summed E-state index contributed by atoms with van der Waals surface area (Å²) in [6.45, 7) is 2.05. The molecule has 0 spiro atoms. The van der Waals surface area contributed by atoms with E-state index in [4.69, 9.17) is 5.73 Å². The predicted molar refractivity (Wildman–Crippen MR) is 76.1 cm³/mol. The lowest BCUT2D eigenvalue weighted by Crippen LogP contribution is -2.28. The van der Waals surface area contributed by atoms with Gasteiger partial charge in [-0.15, -0.1) is 11.3 Å². The molecule has 1 amide bonds. The van der Waals surface area contributed by atoms with E-state index in [2.05, 4.69) is 6.07 Å². The molecule has 0 unspecified atom stereocenters. The third kappa shape index (κ3) is 1.77. The van der Waals surface area contributed by atoms with Crippen molar-refractivity contribution in [2.75, 3.05) is 12.8 Å². The molecule has 0 radical (unpaired) electrons. The minimum atomic E-state index is 0.0638. The molecule has 18 heavy (non-hydrogen) atoms. The fourth-order valence-electron chi connectivity index (χ4n) is 2.17. The van der Waals surface area contributed by atoms with E-state index in [1.807, 2.05) is 31.0 Å². The third-order valence-electron chi connectivity index (χ3n) is 3.49. The summed E-state index contributed by atoms with van der Waals surface area (Å²) < 4.78 is 1.10. The molecule has 1 aliphatic rings. The maximum absolute atomic E-state index is 12.4. The Labute approximate surface area is 110 Å². The van der Waals surface area contributed by atoms with Gasteiger partial charge in [-0.1, -0.05) is 12.1 Å². The van der Waals surface area contributed by atoms with Gasteiger partial charge in [0.05, 0.1) is 5.69 Å². The Morgan fingerprint density at radius 2 is 2.17 bits per heavy atom. The summed E-state index contributed by atoms with van der Waals surface area (Å²) in [5, 5.41) is 0.998. The Bertz CT molecular complexity index is 628. The van der Waals surface area contributed by atoms with Crippen molar-refractivity contribution in [1.29, 1.82) is 0 Å². The zero-order valence-corrected chi connectivity index (χ0v) is 11.4. The molecule has 1 heterocycles.